The fourth-order valence-electron chi connectivity index (χ4n) is 8.14. The van der Waals surface area contributed by atoms with Crippen LogP contribution in [0.25, 0.3) is 16.7 Å². The number of para-hydroxylation sites is 1. The number of nitrogens with one attached hydrogen (secondary N) is 1. The number of amides is 1. The van der Waals surface area contributed by atoms with E-state index in [2.05, 4.69) is 10.3 Å². The first kappa shape index (κ1) is 28.4. The van der Waals surface area contributed by atoms with E-state index < -0.39 is 22.8 Å². The van der Waals surface area contributed by atoms with E-state index >= 15 is 4.39 Å². The summed E-state index contributed by atoms with van der Waals surface area (Å²) in [5.74, 6) is -0.511. The monoisotopic (exact) mass is 595 g/mol. The lowest BCUT2D eigenvalue weighted by atomic mass is 9.76. The Morgan fingerprint density at radius 2 is 1.93 bits per heavy atom. The number of carbonyl (C=O) groups is 2. The Labute approximate surface area is 253 Å². The van der Waals surface area contributed by atoms with E-state index in [1.165, 1.54) is 25.4 Å². The highest BCUT2D eigenvalue weighted by Gasteiger charge is 2.52. The standard InChI is InChI=1S/C35H34FN3O5/c1-44-34(42)30-27(31(40)25-8-5-13-37-32(25)39(30)24-6-3-2-4-7-24)16-21-9-10-22(17-28(21)36)33(41)38-29-11-12-35(43)18-20-14-23(19-35)26(29)15-20/h2-10,13,17,20,23,26,29,43H,11-12,14-16,18-19H2,1H3,(H,38,41)/t20-,23?,26+,29-,35+/m1/s1. The summed E-state index contributed by atoms with van der Waals surface area (Å²) in [5.41, 5.74) is 0.198. The number of hydrogen-bond acceptors (Lipinski definition) is 6. The minimum absolute atomic E-state index is 0.0321. The first-order chi connectivity index (χ1) is 21.2. The van der Waals surface area contributed by atoms with Gasteiger partial charge in [-0.25, -0.2) is 14.2 Å². The van der Waals surface area contributed by atoms with Crippen molar-refractivity contribution >= 4 is 22.9 Å². The molecule has 0 aliphatic heterocycles. The minimum Gasteiger partial charge on any atom is -0.464 e. The second-order valence-corrected chi connectivity index (χ2v) is 12.7. The van der Waals surface area contributed by atoms with Gasteiger partial charge < -0.3 is 15.2 Å². The molecule has 2 aromatic heterocycles. The predicted molar refractivity (Wildman–Crippen MR) is 162 cm³/mol. The molecule has 5 atom stereocenters. The summed E-state index contributed by atoms with van der Waals surface area (Å²) < 4.78 is 22.4. The topological polar surface area (TPSA) is 111 Å². The molecule has 1 amide bonds. The molecule has 3 aliphatic rings. The summed E-state index contributed by atoms with van der Waals surface area (Å²) in [5, 5.41) is 14.5. The van der Waals surface area contributed by atoms with Crippen LogP contribution in [0, 0.1) is 23.6 Å². The number of carbonyl (C=O) groups excluding carboxylic acids is 2. The number of fused-ring (bicyclic) bond motifs is 3. The molecule has 44 heavy (non-hydrogen) atoms. The summed E-state index contributed by atoms with van der Waals surface area (Å²) >= 11 is 0. The highest BCUT2D eigenvalue weighted by Crippen LogP contribution is 2.55. The number of pyridine rings is 2. The van der Waals surface area contributed by atoms with Gasteiger partial charge in [-0.15, -0.1) is 0 Å². The van der Waals surface area contributed by atoms with Crippen LogP contribution in [0.4, 0.5) is 4.39 Å². The predicted octanol–water partition coefficient (Wildman–Crippen LogP) is 4.96. The molecule has 3 fully saturated rings. The highest BCUT2D eigenvalue weighted by atomic mass is 19.1. The lowest BCUT2D eigenvalue weighted by molar-refractivity contribution is -0.0247. The second kappa shape index (κ2) is 11.0. The Bertz CT molecular complexity index is 1840. The van der Waals surface area contributed by atoms with Crippen molar-refractivity contribution in [1.82, 2.24) is 14.9 Å². The summed E-state index contributed by atoms with van der Waals surface area (Å²) in [6.07, 6.45) is 6.49. The summed E-state index contributed by atoms with van der Waals surface area (Å²) in [7, 11) is 1.23. The van der Waals surface area contributed by atoms with Crippen LogP contribution in [0.3, 0.4) is 0 Å². The van der Waals surface area contributed by atoms with Crippen LogP contribution in [-0.4, -0.2) is 45.3 Å². The number of aliphatic hydroxyl groups is 1. The number of rotatable bonds is 6. The van der Waals surface area contributed by atoms with Crippen LogP contribution in [0.1, 0.15) is 70.5 Å². The molecule has 2 N–H and O–H groups in total. The van der Waals surface area contributed by atoms with Gasteiger partial charge in [0.1, 0.15) is 17.2 Å². The summed E-state index contributed by atoms with van der Waals surface area (Å²) in [6.45, 7) is 0. The highest BCUT2D eigenvalue weighted by molar-refractivity contribution is 5.95. The van der Waals surface area contributed by atoms with Crippen molar-refractivity contribution < 1.29 is 23.8 Å². The number of hydrogen-bond donors (Lipinski definition) is 2. The number of aromatic nitrogens is 2. The Kier molecular flexibility index (Phi) is 7.08. The fourth-order valence-corrected chi connectivity index (χ4v) is 8.14. The van der Waals surface area contributed by atoms with Crippen LogP contribution in [0.5, 0.6) is 0 Å². The van der Waals surface area contributed by atoms with Gasteiger partial charge in [-0.1, -0.05) is 24.3 Å². The van der Waals surface area contributed by atoms with Crippen molar-refractivity contribution in [3.63, 3.8) is 0 Å². The molecule has 0 radical (unpaired) electrons. The SMILES string of the molecule is COC(=O)c1c(Cc2ccc(C(=O)N[C@@H]3CC[C@@]4(O)CC5C[C@H](C[C@@H]53)C4)cc2F)c(=O)c2cccnc2n1-c1ccccc1. The number of methoxy groups -OCH3 is 1. The van der Waals surface area contributed by atoms with Crippen LogP contribution < -0.4 is 10.7 Å². The van der Waals surface area contributed by atoms with Crippen molar-refractivity contribution in [3.05, 3.63) is 105 Å². The molecule has 0 saturated heterocycles. The van der Waals surface area contributed by atoms with Crippen LogP contribution >= 0.6 is 0 Å². The number of nitrogens with zero attached hydrogens (tertiary/aromatic N) is 2. The summed E-state index contributed by atoms with van der Waals surface area (Å²) in [6, 6.07) is 16.5. The van der Waals surface area contributed by atoms with Gasteiger partial charge in [-0.05, 0) is 98.2 Å². The zero-order valence-electron chi connectivity index (χ0n) is 24.5. The molecule has 2 aromatic carbocycles. The molecule has 226 valence electrons. The van der Waals surface area contributed by atoms with Gasteiger partial charge in [0.25, 0.3) is 5.91 Å². The lowest BCUT2D eigenvalue weighted by Gasteiger charge is -2.35. The van der Waals surface area contributed by atoms with Crippen molar-refractivity contribution in [2.45, 2.75) is 56.6 Å². The number of benzene rings is 2. The van der Waals surface area contributed by atoms with E-state index in [4.69, 9.17) is 4.74 Å². The molecule has 3 saturated carbocycles. The van der Waals surface area contributed by atoms with Crippen molar-refractivity contribution in [2.24, 2.45) is 17.8 Å². The van der Waals surface area contributed by atoms with E-state index in [1.807, 2.05) is 6.07 Å². The number of ether oxygens (including phenoxy) is 1. The number of halogens is 1. The Hall–Kier alpha value is -4.37. The maximum Gasteiger partial charge on any atom is 0.355 e. The van der Waals surface area contributed by atoms with Gasteiger partial charge in [0.2, 0.25) is 0 Å². The van der Waals surface area contributed by atoms with Gasteiger partial charge >= 0.3 is 5.97 Å². The van der Waals surface area contributed by atoms with Gasteiger partial charge in [0, 0.05) is 35.5 Å². The van der Waals surface area contributed by atoms with E-state index in [9.17, 15) is 19.5 Å². The zero-order valence-corrected chi connectivity index (χ0v) is 24.5. The average molecular weight is 596 g/mol. The van der Waals surface area contributed by atoms with E-state index in [1.54, 1.807) is 47.0 Å². The first-order valence-corrected chi connectivity index (χ1v) is 15.2. The molecule has 4 aromatic rings. The van der Waals surface area contributed by atoms with Gasteiger partial charge in [-0.2, -0.15) is 0 Å². The van der Waals surface area contributed by atoms with Crippen molar-refractivity contribution in [2.75, 3.05) is 7.11 Å². The normalized spacial score (nSPS) is 25.5. The maximum atomic E-state index is 15.7. The van der Waals surface area contributed by atoms with Crippen molar-refractivity contribution in [3.8, 4) is 5.69 Å². The summed E-state index contributed by atoms with van der Waals surface area (Å²) in [4.78, 5) is 44.7. The van der Waals surface area contributed by atoms with Crippen molar-refractivity contribution in [1.29, 1.82) is 0 Å². The Morgan fingerprint density at radius 1 is 1.11 bits per heavy atom. The molecular weight excluding hydrogens is 561 g/mol. The molecule has 1 unspecified atom stereocenters. The maximum absolute atomic E-state index is 15.7. The van der Waals surface area contributed by atoms with Crippen LogP contribution in [0.15, 0.2) is 71.7 Å². The average Bonchev–Trinajstić information content (AvgIpc) is 3.30. The molecule has 9 heteroatoms. The zero-order chi connectivity index (χ0) is 30.6. The largest absolute Gasteiger partial charge is 0.464 e. The molecule has 3 aliphatic carbocycles. The lowest BCUT2D eigenvalue weighted by Crippen LogP contribution is -2.41. The molecular formula is C35H34FN3O5. The molecule has 3 bridgehead atoms. The van der Waals surface area contributed by atoms with E-state index in [0.29, 0.717) is 36.3 Å². The van der Waals surface area contributed by atoms with Crippen LogP contribution in [0.2, 0.25) is 0 Å². The molecule has 2 heterocycles. The van der Waals surface area contributed by atoms with Gasteiger partial charge in [-0.3, -0.25) is 14.2 Å². The third-order valence-electron chi connectivity index (χ3n) is 10.0. The second-order valence-electron chi connectivity index (χ2n) is 12.7. The van der Waals surface area contributed by atoms with Crippen LogP contribution in [-0.2, 0) is 11.2 Å². The Balaban J connectivity index is 1.22. The third-order valence-corrected chi connectivity index (χ3v) is 10.0. The number of esters is 1. The Morgan fingerprint density at radius 3 is 2.70 bits per heavy atom. The smallest absolute Gasteiger partial charge is 0.355 e. The minimum atomic E-state index is -0.749. The quantitative estimate of drug-likeness (QED) is 0.305. The first-order valence-electron chi connectivity index (χ1n) is 15.2. The van der Waals surface area contributed by atoms with E-state index in [-0.39, 0.29) is 51.8 Å². The molecule has 8 nitrogen and oxygen atoms in total. The fraction of sp³-hybridized carbons (Fsp3) is 0.371. The third kappa shape index (κ3) is 4.89. The molecule has 0 spiro atoms. The van der Waals surface area contributed by atoms with E-state index in [0.717, 1.165) is 25.7 Å². The van der Waals surface area contributed by atoms with Gasteiger partial charge in [0.15, 0.2) is 5.43 Å². The van der Waals surface area contributed by atoms with Gasteiger partial charge in [0.05, 0.1) is 18.1 Å². The molecule has 7 rings (SSSR count).